The number of carboxylic acids is 1. The summed E-state index contributed by atoms with van der Waals surface area (Å²) in [7, 11) is 0. The minimum absolute atomic E-state index is 0.0198. The van der Waals surface area contributed by atoms with Crippen molar-refractivity contribution in [3.8, 4) is 0 Å². The van der Waals surface area contributed by atoms with Crippen LogP contribution in [0.1, 0.15) is 52.8 Å². The van der Waals surface area contributed by atoms with E-state index in [0.29, 0.717) is 38.5 Å². The third-order valence-corrected chi connectivity index (χ3v) is 6.18. The van der Waals surface area contributed by atoms with Crippen molar-refractivity contribution in [3.63, 3.8) is 0 Å². The maximum Gasteiger partial charge on any atom is 0.410 e. The third-order valence-electron chi connectivity index (χ3n) is 6.18. The lowest BCUT2D eigenvalue weighted by Crippen LogP contribution is -2.59. The molecule has 2 aliphatic rings. The second kappa shape index (κ2) is 12.9. The van der Waals surface area contributed by atoms with Gasteiger partial charge in [0.05, 0.1) is 31.0 Å². The van der Waals surface area contributed by atoms with E-state index in [-0.39, 0.29) is 36.7 Å². The Labute approximate surface area is 234 Å². The fourth-order valence-electron chi connectivity index (χ4n) is 4.11. The Bertz CT molecular complexity index is 1190. The number of nitrogens with zero attached hydrogens (tertiary/aromatic N) is 7. The lowest BCUT2D eigenvalue weighted by molar-refractivity contribution is -0.149. The summed E-state index contributed by atoms with van der Waals surface area (Å²) in [6.45, 7) is 16.4. The van der Waals surface area contributed by atoms with Crippen molar-refractivity contribution in [1.29, 1.82) is 0 Å². The van der Waals surface area contributed by atoms with Gasteiger partial charge in [-0.25, -0.2) is 34.3 Å². The Balaban J connectivity index is 1.81. The summed E-state index contributed by atoms with van der Waals surface area (Å²) in [6.07, 6.45) is 3.08. The van der Waals surface area contributed by atoms with Crippen LogP contribution in [0, 0.1) is 5.92 Å². The number of rotatable bonds is 6. The molecule has 1 atom stereocenters. The molecule has 40 heavy (non-hydrogen) atoms. The fraction of sp³-hybridized carbons (Fsp3) is 0.593. The lowest BCUT2D eigenvalue weighted by Gasteiger charge is -2.40. The minimum Gasteiger partial charge on any atom is -0.478 e. The minimum atomic E-state index is -1.11. The Morgan fingerprint density at radius 3 is 2.60 bits per heavy atom. The Hall–Kier alpha value is -4.03. The number of anilines is 1. The van der Waals surface area contributed by atoms with Crippen molar-refractivity contribution in [2.24, 2.45) is 15.9 Å². The van der Waals surface area contributed by atoms with E-state index in [1.807, 2.05) is 39.5 Å². The van der Waals surface area contributed by atoms with E-state index in [2.05, 4.69) is 21.7 Å². The first-order chi connectivity index (χ1) is 18.8. The Morgan fingerprint density at radius 1 is 1.25 bits per heavy atom. The van der Waals surface area contributed by atoms with Crippen LogP contribution in [0.15, 0.2) is 28.0 Å². The number of hydrogen-bond donors (Lipinski definition) is 1. The zero-order valence-corrected chi connectivity index (χ0v) is 24.1. The number of amides is 1. The highest BCUT2D eigenvalue weighted by molar-refractivity contribution is 5.91. The molecule has 1 amide bonds. The van der Waals surface area contributed by atoms with E-state index in [4.69, 9.17) is 19.6 Å². The number of ether oxygens (including phenoxy) is 2. The molecule has 0 bridgehead atoms. The summed E-state index contributed by atoms with van der Waals surface area (Å²) in [4.78, 5) is 59.5. The molecule has 1 saturated heterocycles. The molecule has 1 fully saturated rings. The molecule has 1 N–H and O–H groups in total. The maximum atomic E-state index is 13.2. The van der Waals surface area contributed by atoms with E-state index >= 15 is 0 Å². The molecule has 1 aromatic heterocycles. The van der Waals surface area contributed by atoms with E-state index in [0.717, 1.165) is 11.3 Å². The number of aromatic nitrogens is 2. The zero-order chi connectivity index (χ0) is 29.6. The van der Waals surface area contributed by atoms with Crippen LogP contribution in [0.25, 0.3) is 0 Å². The highest BCUT2D eigenvalue weighted by atomic mass is 16.6. The van der Waals surface area contributed by atoms with E-state index < -0.39 is 23.6 Å². The van der Waals surface area contributed by atoms with Gasteiger partial charge in [-0.15, -0.1) is 0 Å². The molecular weight excluding hydrogens is 518 g/mol. The first-order valence-corrected chi connectivity index (χ1v) is 13.2. The van der Waals surface area contributed by atoms with Crippen LogP contribution in [0.4, 0.5) is 10.7 Å². The average molecular weight is 558 g/mol. The molecule has 3 heterocycles. The highest BCUT2D eigenvalue weighted by Crippen LogP contribution is 2.23. The van der Waals surface area contributed by atoms with Crippen molar-refractivity contribution in [3.05, 3.63) is 29.2 Å². The number of aliphatic carboxylic acids is 1. The van der Waals surface area contributed by atoms with Gasteiger partial charge in [-0.3, -0.25) is 0 Å². The highest BCUT2D eigenvalue weighted by Gasteiger charge is 2.37. The number of hydrogen-bond acceptors (Lipinski definition) is 9. The van der Waals surface area contributed by atoms with Gasteiger partial charge in [0, 0.05) is 44.0 Å². The number of guanidine groups is 1. The Kier molecular flexibility index (Phi) is 9.83. The predicted molar refractivity (Wildman–Crippen MR) is 149 cm³/mol. The van der Waals surface area contributed by atoms with Crippen LogP contribution in [-0.2, 0) is 32.0 Å². The van der Waals surface area contributed by atoms with Gasteiger partial charge >= 0.3 is 18.0 Å². The monoisotopic (exact) mass is 557 g/mol. The molecular formula is C27H39N7O6. The van der Waals surface area contributed by atoms with Crippen molar-refractivity contribution >= 4 is 36.7 Å². The summed E-state index contributed by atoms with van der Waals surface area (Å²) < 4.78 is 11.0. The molecule has 0 unspecified atom stereocenters. The third kappa shape index (κ3) is 7.99. The van der Waals surface area contributed by atoms with Gasteiger partial charge in [0.15, 0.2) is 0 Å². The van der Waals surface area contributed by atoms with Crippen LogP contribution in [0.2, 0.25) is 0 Å². The fourth-order valence-corrected chi connectivity index (χ4v) is 4.11. The smallest absolute Gasteiger partial charge is 0.410 e. The van der Waals surface area contributed by atoms with Gasteiger partial charge in [0.25, 0.3) is 0 Å². The number of esters is 1. The predicted octanol–water partition coefficient (Wildman–Crippen LogP) is 2.50. The summed E-state index contributed by atoms with van der Waals surface area (Å²) >= 11 is 0. The molecule has 2 aliphatic heterocycles. The van der Waals surface area contributed by atoms with Crippen LogP contribution in [0.3, 0.4) is 0 Å². The standard InChI is InChI=1S/C27H39N7O6/c1-17(2)16-39-23(37)21-15-32(10-11-34(21)24(28-7)29-12-18(3)22(35)36)25-30-13-19-14-33(9-8-20(19)31-25)26(38)40-27(4,5)6/h12-13,17,21H,7-11,14-16H2,1-6H3,(H,35,36)/b18-12+,29-24+/t21-/m0/s1. The second-order valence-corrected chi connectivity index (χ2v) is 11.2. The van der Waals surface area contributed by atoms with Crippen molar-refractivity contribution in [1.82, 2.24) is 19.8 Å². The number of fused-ring (bicyclic) bond motifs is 1. The molecule has 218 valence electrons. The Morgan fingerprint density at radius 2 is 1.98 bits per heavy atom. The summed E-state index contributed by atoms with van der Waals surface area (Å²) in [5, 5.41) is 9.15. The van der Waals surface area contributed by atoms with E-state index in [9.17, 15) is 14.4 Å². The molecule has 13 nitrogen and oxygen atoms in total. The summed E-state index contributed by atoms with van der Waals surface area (Å²) in [5.74, 6) is -0.825. The molecule has 3 rings (SSSR count). The topological polar surface area (TPSA) is 150 Å². The summed E-state index contributed by atoms with van der Waals surface area (Å²) in [6, 6.07) is -0.794. The van der Waals surface area contributed by atoms with Crippen LogP contribution in [-0.4, -0.2) is 100 Å². The van der Waals surface area contributed by atoms with Crippen LogP contribution in [0.5, 0.6) is 0 Å². The second-order valence-electron chi connectivity index (χ2n) is 11.2. The quantitative estimate of drug-likeness (QED) is 0.239. The van der Waals surface area contributed by atoms with Gasteiger partial charge in [-0.05, 0) is 40.3 Å². The van der Waals surface area contributed by atoms with Gasteiger partial charge < -0.3 is 29.3 Å². The number of carbonyl (C=O) groups excluding carboxylic acids is 2. The van der Waals surface area contributed by atoms with Crippen molar-refractivity contribution < 1.29 is 29.0 Å². The zero-order valence-electron chi connectivity index (χ0n) is 24.1. The van der Waals surface area contributed by atoms with E-state index in [1.165, 1.54) is 13.1 Å². The molecule has 13 heteroatoms. The largest absolute Gasteiger partial charge is 0.478 e. The molecule has 0 spiro atoms. The first-order valence-electron chi connectivity index (χ1n) is 13.2. The normalized spacial score (nSPS) is 18.4. The molecule has 0 aromatic carbocycles. The van der Waals surface area contributed by atoms with Crippen LogP contribution >= 0.6 is 0 Å². The van der Waals surface area contributed by atoms with E-state index in [1.54, 1.807) is 16.0 Å². The number of carboxylic acid groups (broad SMARTS) is 1. The van der Waals surface area contributed by atoms with Crippen molar-refractivity contribution in [2.75, 3.05) is 37.7 Å². The SMILES string of the molecule is C=N/C(=N\C=C(/C)C(=O)O)N1CCN(c2ncc3c(n2)CCN(C(=O)OC(C)(C)C)C3)C[C@H]1C(=O)OCC(C)C. The van der Waals surface area contributed by atoms with Gasteiger partial charge in [-0.2, -0.15) is 0 Å². The summed E-state index contributed by atoms with van der Waals surface area (Å²) in [5.41, 5.74) is 1.13. The van der Waals surface area contributed by atoms with Crippen molar-refractivity contribution in [2.45, 2.75) is 66.2 Å². The van der Waals surface area contributed by atoms with Gasteiger partial charge in [0.1, 0.15) is 11.6 Å². The first kappa shape index (κ1) is 30.5. The molecule has 0 radical (unpaired) electrons. The van der Waals surface area contributed by atoms with Crippen LogP contribution < -0.4 is 4.90 Å². The lowest BCUT2D eigenvalue weighted by atomic mass is 10.1. The molecule has 1 aromatic rings. The van der Waals surface area contributed by atoms with Gasteiger partial charge in [-0.1, -0.05) is 13.8 Å². The number of piperazine rings is 1. The average Bonchev–Trinajstić information content (AvgIpc) is 2.90. The molecule has 0 saturated carbocycles. The maximum absolute atomic E-state index is 13.2. The van der Waals surface area contributed by atoms with Gasteiger partial charge in [0.2, 0.25) is 11.9 Å². The number of aliphatic imine (C=N–C) groups is 2. The molecule has 0 aliphatic carbocycles. The number of carbonyl (C=O) groups is 3.